The molecule has 0 heterocycles. The predicted molar refractivity (Wildman–Crippen MR) is 76.4 cm³/mol. The van der Waals surface area contributed by atoms with Gasteiger partial charge < -0.3 is 10.4 Å². The molecule has 6 heteroatoms. The van der Waals surface area contributed by atoms with E-state index in [2.05, 4.69) is 5.32 Å². The average Bonchev–Trinajstić information content (AvgIpc) is 2.47. The van der Waals surface area contributed by atoms with Crippen molar-refractivity contribution in [3.8, 4) is 0 Å². The van der Waals surface area contributed by atoms with Crippen LogP contribution in [0.3, 0.4) is 0 Å². The van der Waals surface area contributed by atoms with E-state index in [4.69, 9.17) is 5.11 Å². The molecule has 122 valence electrons. The molecular weight excluding hydrogens is 295 g/mol. The fourth-order valence-corrected chi connectivity index (χ4v) is 2.94. The van der Waals surface area contributed by atoms with E-state index in [0.29, 0.717) is 18.4 Å². The summed E-state index contributed by atoms with van der Waals surface area (Å²) in [7, 11) is 0. The minimum absolute atomic E-state index is 0.153. The van der Waals surface area contributed by atoms with Crippen molar-refractivity contribution in [2.24, 2.45) is 5.92 Å². The minimum Gasteiger partial charge on any atom is -0.481 e. The van der Waals surface area contributed by atoms with Crippen molar-refractivity contribution in [3.63, 3.8) is 0 Å². The normalized spacial score (nSPS) is 24.0. The van der Waals surface area contributed by atoms with Crippen LogP contribution >= 0.6 is 0 Å². The molecule has 0 spiro atoms. The number of alkyl halides is 3. The van der Waals surface area contributed by atoms with Crippen LogP contribution in [0.4, 0.5) is 13.2 Å². The Morgan fingerprint density at radius 1 is 1.27 bits per heavy atom. The van der Waals surface area contributed by atoms with Gasteiger partial charge in [-0.05, 0) is 50.3 Å². The molecular formula is C16H20F3NO2. The average molecular weight is 315 g/mol. The number of rotatable bonds is 4. The van der Waals surface area contributed by atoms with Crippen molar-refractivity contribution in [2.75, 3.05) is 0 Å². The van der Waals surface area contributed by atoms with Crippen LogP contribution in [-0.4, -0.2) is 17.1 Å². The monoisotopic (exact) mass is 315 g/mol. The van der Waals surface area contributed by atoms with E-state index in [0.717, 1.165) is 18.9 Å². The molecule has 1 aromatic carbocycles. The van der Waals surface area contributed by atoms with E-state index in [1.54, 1.807) is 6.07 Å². The second kappa shape index (κ2) is 6.69. The topological polar surface area (TPSA) is 49.3 Å². The third kappa shape index (κ3) is 4.22. The molecule has 2 N–H and O–H groups in total. The summed E-state index contributed by atoms with van der Waals surface area (Å²) in [5, 5.41) is 12.3. The summed E-state index contributed by atoms with van der Waals surface area (Å²) in [4.78, 5) is 10.9. The molecule has 1 atom stereocenters. The number of hydrogen-bond donors (Lipinski definition) is 2. The van der Waals surface area contributed by atoms with Gasteiger partial charge in [0.15, 0.2) is 0 Å². The van der Waals surface area contributed by atoms with Gasteiger partial charge in [-0.15, -0.1) is 0 Å². The van der Waals surface area contributed by atoms with Crippen LogP contribution in [0.2, 0.25) is 0 Å². The van der Waals surface area contributed by atoms with Gasteiger partial charge in [-0.1, -0.05) is 12.1 Å². The van der Waals surface area contributed by atoms with E-state index in [9.17, 15) is 18.0 Å². The van der Waals surface area contributed by atoms with Gasteiger partial charge in [0.25, 0.3) is 0 Å². The highest BCUT2D eigenvalue weighted by Crippen LogP contribution is 2.31. The summed E-state index contributed by atoms with van der Waals surface area (Å²) in [5.74, 6) is -1.05. The first-order valence-corrected chi connectivity index (χ1v) is 7.43. The Balaban J connectivity index is 1.96. The third-order valence-electron chi connectivity index (χ3n) is 4.28. The highest BCUT2D eigenvalue weighted by Gasteiger charge is 2.31. The molecule has 0 aliphatic heterocycles. The Labute approximate surface area is 127 Å². The van der Waals surface area contributed by atoms with Gasteiger partial charge in [0.1, 0.15) is 0 Å². The maximum atomic E-state index is 12.7. The standard InChI is InChI=1S/C16H20F3NO2/c1-10(12-3-2-4-13(9-12)16(17,18)19)20-14-7-5-11(6-8-14)15(21)22/h2-4,9-11,14,20H,5-8H2,1H3,(H,21,22). The zero-order chi connectivity index (χ0) is 16.3. The van der Waals surface area contributed by atoms with Crippen LogP contribution in [0.5, 0.6) is 0 Å². The molecule has 1 aliphatic carbocycles. The third-order valence-corrected chi connectivity index (χ3v) is 4.28. The van der Waals surface area contributed by atoms with Gasteiger partial charge in [-0.3, -0.25) is 4.79 Å². The molecule has 1 unspecified atom stereocenters. The summed E-state index contributed by atoms with van der Waals surface area (Å²) in [6.07, 6.45) is -1.64. The predicted octanol–water partition coefficient (Wildman–Crippen LogP) is 4.00. The number of benzene rings is 1. The van der Waals surface area contributed by atoms with Crippen molar-refractivity contribution in [3.05, 3.63) is 35.4 Å². The van der Waals surface area contributed by atoms with Crippen LogP contribution in [0.25, 0.3) is 0 Å². The van der Waals surface area contributed by atoms with E-state index in [1.165, 1.54) is 12.1 Å². The van der Waals surface area contributed by atoms with Crippen LogP contribution in [0, 0.1) is 5.92 Å². The maximum absolute atomic E-state index is 12.7. The highest BCUT2D eigenvalue weighted by molar-refractivity contribution is 5.70. The summed E-state index contributed by atoms with van der Waals surface area (Å²) in [6.45, 7) is 1.83. The zero-order valence-electron chi connectivity index (χ0n) is 12.4. The lowest BCUT2D eigenvalue weighted by Crippen LogP contribution is -2.36. The van der Waals surface area contributed by atoms with Gasteiger partial charge in [0.2, 0.25) is 0 Å². The zero-order valence-corrected chi connectivity index (χ0v) is 12.4. The largest absolute Gasteiger partial charge is 0.481 e. The molecule has 22 heavy (non-hydrogen) atoms. The fraction of sp³-hybridized carbons (Fsp3) is 0.562. The molecule has 3 nitrogen and oxygen atoms in total. The van der Waals surface area contributed by atoms with E-state index < -0.39 is 17.7 Å². The number of carboxylic acid groups (broad SMARTS) is 1. The van der Waals surface area contributed by atoms with Gasteiger partial charge in [-0.2, -0.15) is 13.2 Å². The highest BCUT2D eigenvalue weighted by atomic mass is 19.4. The molecule has 1 fully saturated rings. The Bertz CT molecular complexity index is 522. The summed E-state index contributed by atoms with van der Waals surface area (Å²) in [6, 6.07) is 5.27. The smallest absolute Gasteiger partial charge is 0.416 e. The van der Waals surface area contributed by atoms with E-state index >= 15 is 0 Å². The number of halogens is 3. The van der Waals surface area contributed by atoms with E-state index in [-0.39, 0.29) is 18.0 Å². The van der Waals surface area contributed by atoms with Gasteiger partial charge in [-0.25, -0.2) is 0 Å². The molecule has 0 radical (unpaired) electrons. The van der Waals surface area contributed by atoms with Crippen LogP contribution in [0.1, 0.15) is 49.8 Å². The van der Waals surface area contributed by atoms with Crippen molar-refractivity contribution in [1.29, 1.82) is 0 Å². The first-order valence-electron chi connectivity index (χ1n) is 7.43. The molecule has 2 rings (SSSR count). The number of carbonyl (C=O) groups is 1. The SMILES string of the molecule is CC(NC1CCC(C(=O)O)CC1)c1cccc(C(F)(F)F)c1. The van der Waals surface area contributed by atoms with Crippen molar-refractivity contribution >= 4 is 5.97 Å². The quantitative estimate of drug-likeness (QED) is 0.883. The molecule has 0 aromatic heterocycles. The second-order valence-electron chi connectivity index (χ2n) is 5.90. The fourth-order valence-electron chi connectivity index (χ4n) is 2.94. The minimum atomic E-state index is -4.34. The lowest BCUT2D eigenvalue weighted by Gasteiger charge is -2.29. The molecule has 1 saturated carbocycles. The van der Waals surface area contributed by atoms with Crippen LogP contribution in [-0.2, 0) is 11.0 Å². The summed E-state index contributed by atoms with van der Waals surface area (Å²) >= 11 is 0. The van der Waals surface area contributed by atoms with Crippen LogP contribution < -0.4 is 5.32 Å². The number of aliphatic carboxylic acids is 1. The van der Waals surface area contributed by atoms with E-state index in [1.807, 2.05) is 6.92 Å². The lowest BCUT2D eigenvalue weighted by molar-refractivity contribution is -0.143. The summed E-state index contributed by atoms with van der Waals surface area (Å²) in [5.41, 5.74) is -0.0524. The van der Waals surface area contributed by atoms with Gasteiger partial charge in [0.05, 0.1) is 11.5 Å². The maximum Gasteiger partial charge on any atom is 0.416 e. The first-order chi connectivity index (χ1) is 10.3. The molecule has 0 amide bonds. The summed E-state index contributed by atoms with van der Waals surface area (Å²) < 4.78 is 38.2. The Morgan fingerprint density at radius 2 is 1.91 bits per heavy atom. The Hall–Kier alpha value is -1.56. The Kier molecular flexibility index (Phi) is 5.11. The first kappa shape index (κ1) is 16.8. The van der Waals surface area contributed by atoms with Crippen molar-refractivity contribution in [1.82, 2.24) is 5.32 Å². The number of carboxylic acids is 1. The Morgan fingerprint density at radius 3 is 2.45 bits per heavy atom. The number of nitrogens with one attached hydrogen (secondary N) is 1. The van der Waals surface area contributed by atoms with Crippen LogP contribution in [0.15, 0.2) is 24.3 Å². The lowest BCUT2D eigenvalue weighted by atomic mass is 9.85. The van der Waals surface area contributed by atoms with Gasteiger partial charge in [0, 0.05) is 12.1 Å². The van der Waals surface area contributed by atoms with Crippen molar-refractivity contribution in [2.45, 2.75) is 50.9 Å². The molecule has 0 bridgehead atoms. The molecule has 1 aliphatic rings. The van der Waals surface area contributed by atoms with Crippen molar-refractivity contribution < 1.29 is 23.1 Å². The molecule has 0 saturated heterocycles. The second-order valence-corrected chi connectivity index (χ2v) is 5.90. The number of hydrogen-bond acceptors (Lipinski definition) is 2. The van der Waals surface area contributed by atoms with Gasteiger partial charge >= 0.3 is 12.1 Å². The molecule has 1 aromatic rings.